The van der Waals surface area contributed by atoms with Crippen LogP contribution in [0.4, 0.5) is 0 Å². The third-order valence-corrected chi connectivity index (χ3v) is 8.95. The number of esters is 1. The van der Waals surface area contributed by atoms with Crippen molar-refractivity contribution in [3.63, 3.8) is 0 Å². The molecule has 1 N–H and O–H groups in total. The van der Waals surface area contributed by atoms with E-state index in [1.54, 1.807) is 0 Å². The van der Waals surface area contributed by atoms with Gasteiger partial charge in [-0.3, -0.25) is 4.79 Å². The number of carbonyl (C=O) groups is 1. The summed E-state index contributed by atoms with van der Waals surface area (Å²) in [6.45, 7) is 0.726. The quantitative estimate of drug-likeness (QED) is 0.136. The van der Waals surface area contributed by atoms with Gasteiger partial charge in [-0.2, -0.15) is 0 Å². The number of methoxy groups -OCH3 is 1. The molecule has 0 spiro atoms. The molecular weight excluding hydrogens is 508 g/mol. The summed E-state index contributed by atoms with van der Waals surface area (Å²) in [6, 6.07) is 29.9. The van der Waals surface area contributed by atoms with Crippen LogP contribution in [0.1, 0.15) is 49.7 Å². The topological polar surface area (TPSA) is 55.8 Å². The Kier molecular flexibility index (Phi) is 9.87. The highest BCUT2D eigenvalue weighted by Gasteiger charge is 2.58. The van der Waals surface area contributed by atoms with Gasteiger partial charge in [-0.15, -0.1) is 0 Å². The van der Waals surface area contributed by atoms with Crippen molar-refractivity contribution in [3.05, 3.63) is 120 Å². The Bertz CT molecular complexity index is 1300. The van der Waals surface area contributed by atoms with E-state index < -0.39 is 6.10 Å². The maximum absolute atomic E-state index is 11.5. The summed E-state index contributed by atoms with van der Waals surface area (Å²) >= 11 is 0. The zero-order valence-electron chi connectivity index (χ0n) is 24.0. The molecule has 2 bridgehead atoms. The van der Waals surface area contributed by atoms with Gasteiger partial charge in [0, 0.05) is 17.8 Å². The first-order valence-electron chi connectivity index (χ1n) is 15.0. The molecule has 41 heavy (non-hydrogen) atoms. The molecule has 5 atom stereocenters. The van der Waals surface area contributed by atoms with Crippen molar-refractivity contribution in [2.24, 2.45) is 11.8 Å². The molecule has 5 rings (SSSR count). The predicted molar refractivity (Wildman–Crippen MR) is 164 cm³/mol. The maximum atomic E-state index is 11.5. The SMILES string of the molecule is COC(=O)CCCC=CC[C@H]1[C@H](C=C[C@@H](O)CCc2ccccc2)[C@@H]2C[C@@]1(c1ccc(-c3ccccc3)cc1)CO2. The Labute approximate surface area is 244 Å². The normalized spacial score (nSPS) is 24.3. The van der Waals surface area contributed by atoms with Crippen LogP contribution in [0.5, 0.6) is 0 Å². The summed E-state index contributed by atoms with van der Waals surface area (Å²) < 4.78 is 11.2. The molecule has 0 unspecified atom stereocenters. The van der Waals surface area contributed by atoms with Crippen LogP contribution in [-0.4, -0.2) is 37.0 Å². The van der Waals surface area contributed by atoms with Crippen molar-refractivity contribution in [1.82, 2.24) is 0 Å². The molecule has 1 aliphatic heterocycles. The molecule has 1 heterocycles. The van der Waals surface area contributed by atoms with Gasteiger partial charge in [0.1, 0.15) is 0 Å². The molecule has 3 aromatic rings. The standard InChI is InChI=1S/C37H42O4/c1-40-36(39)17-11-3-2-10-16-34-33(25-24-32(38)23-18-28-12-6-4-7-13-28)35-26-37(34,27-41-35)31-21-19-30(20-22-31)29-14-8-5-9-15-29/h2,4-10,12-15,19-22,24-25,32-35,38H,3,11,16-18,23,26-27H2,1H3/t32-,33-,34-,35-,37-/m0/s1. The summed E-state index contributed by atoms with van der Waals surface area (Å²) in [6.07, 6.45) is 14.0. The van der Waals surface area contributed by atoms with Crippen LogP contribution in [0.3, 0.4) is 0 Å². The van der Waals surface area contributed by atoms with Gasteiger partial charge in [0.2, 0.25) is 0 Å². The maximum Gasteiger partial charge on any atom is 0.305 e. The van der Waals surface area contributed by atoms with Gasteiger partial charge in [0.15, 0.2) is 0 Å². The van der Waals surface area contributed by atoms with Gasteiger partial charge >= 0.3 is 5.97 Å². The van der Waals surface area contributed by atoms with Crippen molar-refractivity contribution in [1.29, 1.82) is 0 Å². The van der Waals surface area contributed by atoms with Crippen LogP contribution < -0.4 is 0 Å². The first-order chi connectivity index (χ1) is 20.1. The molecule has 1 saturated carbocycles. The van der Waals surface area contributed by atoms with Crippen molar-refractivity contribution in [2.75, 3.05) is 13.7 Å². The number of fused-ring (bicyclic) bond motifs is 2. The predicted octanol–water partition coefficient (Wildman–Crippen LogP) is 7.47. The minimum atomic E-state index is -0.482. The fraction of sp³-hybridized carbons (Fsp3) is 0.378. The van der Waals surface area contributed by atoms with E-state index in [0.717, 1.165) is 38.7 Å². The molecule has 0 aromatic heterocycles. The van der Waals surface area contributed by atoms with E-state index in [4.69, 9.17) is 9.47 Å². The summed E-state index contributed by atoms with van der Waals surface area (Å²) in [7, 11) is 1.44. The third kappa shape index (κ3) is 7.06. The zero-order chi connectivity index (χ0) is 28.5. The van der Waals surface area contributed by atoms with Crippen molar-refractivity contribution in [3.8, 4) is 11.1 Å². The van der Waals surface area contributed by atoms with Crippen LogP contribution in [-0.2, 0) is 26.1 Å². The molecule has 2 fully saturated rings. The van der Waals surface area contributed by atoms with Crippen LogP contribution in [0.25, 0.3) is 11.1 Å². The molecule has 214 valence electrons. The zero-order valence-corrected chi connectivity index (χ0v) is 24.0. The van der Waals surface area contributed by atoms with Gasteiger partial charge < -0.3 is 14.6 Å². The van der Waals surface area contributed by atoms with Crippen LogP contribution >= 0.6 is 0 Å². The number of benzene rings is 3. The molecule has 1 aliphatic carbocycles. The third-order valence-electron chi connectivity index (χ3n) is 8.95. The Balaban J connectivity index is 1.31. The minimum Gasteiger partial charge on any atom is -0.469 e. The van der Waals surface area contributed by atoms with Crippen molar-refractivity contribution >= 4 is 5.97 Å². The molecule has 4 nitrogen and oxygen atoms in total. The number of ether oxygens (including phenoxy) is 2. The van der Waals surface area contributed by atoms with Gasteiger partial charge in [-0.25, -0.2) is 0 Å². The smallest absolute Gasteiger partial charge is 0.305 e. The summed E-state index contributed by atoms with van der Waals surface area (Å²) in [5, 5.41) is 10.8. The molecule has 1 saturated heterocycles. The van der Waals surface area contributed by atoms with Gasteiger partial charge in [-0.1, -0.05) is 109 Å². The van der Waals surface area contributed by atoms with Gasteiger partial charge in [-0.05, 0) is 66.7 Å². The lowest BCUT2D eigenvalue weighted by atomic mass is 9.69. The van der Waals surface area contributed by atoms with Gasteiger partial charge in [0.25, 0.3) is 0 Å². The summed E-state index contributed by atoms with van der Waals surface area (Å²) in [5.74, 6) is 0.458. The Morgan fingerprint density at radius 1 is 1.00 bits per heavy atom. The van der Waals surface area contributed by atoms with E-state index in [9.17, 15) is 9.90 Å². The number of aliphatic hydroxyl groups is 1. The Morgan fingerprint density at radius 2 is 1.71 bits per heavy atom. The second-order valence-corrected chi connectivity index (χ2v) is 11.5. The van der Waals surface area contributed by atoms with E-state index in [1.165, 1.54) is 29.4 Å². The largest absolute Gasteiger partial charge is 0.469 e. The van der Waals surface area contributed by atoms with E-state index in [1.807, 2.05) is 30.3 Å². The second kappa shape index (κ2) is 13.9. The number of unbranched alkanes of at least 4 members (excludes halogenated alkanes) is 1. The average Bonchev–Trinajstić information content (AvgIpc) is 3.60. The first kappa shape index (κ1) is 29.0. The lowest BCUT2D eigenvalue weighted by Gasteiger charge is -2.38. The number of aliphatic hydroxyl groups excluding tert-OH is 1. The molecular formula is C37H42O4. The van der Waals surface area contributed by atoms with E-state index in [-0.39, 0.29) is 23.4 Å². The molecule has 2 aliphatic rings. The summed E-state index contributed by atoms with van der Waals surface area (Å²) in [4.78, 5) is 11.5. The highest BCUT2D eigenvalue weighted by Crippen LogP contribution is 2.57. The van der Waals surface area contributed by atoms with Crippen molar-refractivity contribution in [2.45, 2.75) is 62.6 Å². The van der Waals surface area contributed by atoms with Gasteiger partial charge in [0.05, 0.1) is 25.9 Å². The van der Waals surface area contributed by atoms with E-state index >= 15 is 0 Å². The average molecular weight is 551 g/mol. The fourth-order valence-corrected chi connectivity index (χ4v) is 6.69. The van der Waals surface area contributed by atoms with Crippen LogP contribution in [0.15, 0.2) is 109 Å². The Morgan fingerprint density at radius 3 is 2.44 bits per heavy atom. The van der Waals surface area contributed by atoms with Crippen LogP contribution in [0, 0.1) is 11.8 Å². The van der Waals surface area contributed by atoms with Crippen LogP contribution in [0.2, 0.25) is 0 Å². The first-order valence-corrected chi connectivity index (χ1v) is 15.0. The number of rotatable bonds is 13. The molecule has 3 aromatic carbocycles. The fourth-order valence-electron chi connectivity index (χ4n) is 6.69. The number of carbonyl (C=O) groups excluding carboxylic acids is 1. The van der Waals surface area contributed by atoms with Crippen molar-refractivity contribution < 1.29 is 19.4 Å². The Hall–Kier alpha value is -3.47. The number of hydrogen-bond acceptors (Lipinski definition) is 4. The highest BCUT2D eigenvalue weighted by molar-refractivity contribution is 5.69. The van der Waals surface area contributed by atoms with E-state index in [2.05, 4.69) is 78.9 Å². The molecule has 4 heteroatoms. The number of aryl methyl sites for hydroxylation is 1. The lowest BCUT2D eigenvalue weighted by Crippen LogP contribution is -2.39. The highest BCUT2D eigenvalue weighted by atomic mass is 16.5. The minimum absolute atomic E-state index is 0.0553. The van der Waals surface area contributed by atoms with E-state index in [0.29, 0.717) is 18.8 Å². The second-order valence-electron chi connectivity index (χ2n) is 11.5. The monoisotopic (exact) mass is 550 g/mol. The molecule has 0 amide bonds. The molecule has 0 radical (unpaired) electrons. The number of hydrogen-bond donors (Lipinski definition) is 1. The summed E-state index contributed by atoms with van der Waals surface area (Å²) in [5.41, 5.74) is 4.97. The number of allylic oxidation sites excluding steroid dienone is 2. The lowest BCUT2D eigenvalue weighted by molar-refractivity contribution is -0.140.